The molecule has 0 atom stereocenters. The first kappa shape index (κ1) is 25.7. The van der Waals surface area contributed by atoms with Gasteiger partial charge in [0, 0.05) is 25.4 Å². The fourth-order valence-electron chi connectivity index (χ4n) is 5.00. The van der Waals surface area contributed by atoms with Crippen molar-refractivity contribution in [3.63, 3.8) is 0 Å². The van der Waals surface area contributed by atoms with E-state index in [0.29, 0.717) is 49.2 Å². The van der Waals surface area contributed by atoms with E-state index in [2.05, 4.69) is 20.4 Å². The molecule has 3 heterocycles. The van der Waals surface area contributed by atoms with Crippen molar-refractivity contribution in [2.75, 3.05) is 29.6 Å². The number of nitrogens with one attached hydrogen (secondary N) is 1. The minimum absolute atomic E-state index is 0.130. The van der Waals surface area contributed by atoms with Crippen LogP contribution in [0.25, 0.3) is 16.7 Å². The van der Waals surface area contributed by atoms with Gasteiger partial charge in [-0.15, -0.1) is 0 Å². The lowest BCUT2D eigenvalue weighted by molar-refractivity contribution is -0.137. The molecule has 1 saturated heterocycles. The number of halogens is 3. The van der Waals surface area contributed by atoms with Crippen molar-refractivity contribution in [2.45, 2.75) is 56.2 Å². The summed E-state index contributed by atoms with van der Waals surface area (Å²) >= 11 is 0. The van der Waals surface area contributed by atoms with E-state index in [4.69, 9.17) is 0 Å². The molecule has 3 aromatic rings. The Balaban J connectivity index is 1.49. The van der Waals surface area contributed by atoms with E-state index in [1.165, 1.54) is 23.1 Å². The Morgan fingerprint density at radius 3 is 2.49 bits per heavy atom. The summed E-state index contributed by atoms with van der Waals surface area (Å²) in [6, 6.07) is 4.74. The van der Waals surface area contributed by atoms with Crippen LogP contribution in [0.15, 0.2) is 30.5 Å². The second-order valence-corrected chi connectivity index (χ2v) is 13.1. The van der Waals surface area contributed by atoms with Crippen molar-refractivity contribution in [3.8, 4) is 5.69 Å². The standard InChI is InChI=1S/C24H29F3N6O3S/c1-23(2,34)10-14-12-32(13-14)20-19-11-28-33(17-6-4-5-15(7-17)24(25,26)27)21(19)31-22(30-20)29-16-8-18(9-16)37(3,35)36/h4-7,11,14,16,18,34H,8-10,12-13H2,1-3H3,(H,29,30,31)/t16-,18-. The Kier molecular flexibility index (Phi) is 6.13. The van der Waals surface area contributed by atoms with Crippen LogP contribution in [0.5, 0.6) is 0 Å². The predicted molar refractivity (Wildman–Crippen MR) is 134 cm³/mol. The number of rotatable bonds is 7. The number of hydrogen-bond acceptors (Lipinski definition) is 8. The van der Waals surface area contributed by atoms with Gasteiger partial charge in [-0.25, -0.2) is 13.1 Å². The smallest absolute Gasteiger partial charge is 0.390 e. The van der Waals surface area contributed by atoms with Crippen molar-refractivity contribution in [2.24, 2.45) is 5.92 Å². The van der Waals surface area contributed by atoms with Crippen LogP contribution >= 0.6 is 0 Å². The van der Waals surface area contributed by atoms with E-state index in [-0.39, 0.29) is 23.6 Å². The van der Waals surface area contributed by atoms with Crippen LogP contribution in [0.1, 0.15) is 38.7 Å². The Labute approximate surface area is 212 Å². The number of aliphatic hydroxyl groups is 1. The third-order valence-corrected chi connectivity index (χ3v) is 8.50. The molecule has 1 aliphatic carbocycles. The Hall–Kier alpha value is -2.93. The average Bonchev–Trinajstić information content (AvgIpc) is 3.14. The van der Waals surface area contributed by atoms with Crippen LogP contribution in [0, 0.1) is 5.92 Å². The van der Waals surface area contributed by atoms with Crippen molar-refractivity contribution < 1.29 is 26.7 Å². The third kappa shape index (κ3) is 5.37. The van der Waals surface area contributed by atoms with Crippen LogP contribution in [0.4, 0.5) is 24.9 Å². The molecule has 0 amide bonds. The zero-order chi connectivity index (χ0) is 26.8. The second kappa shape index (κ2) is 8.83. The molecule has 37 heavy (non-hydrogen) atoms. The minimum atomic E-state index is -4.50. The average molecular weight is 539 g/mol. The molecule has 1 saturated carbocycles. The molecule has 0 radical (unpaired) electrons. The third-order valence-electron chi connectivity index (χ3n) is 6.90. The summed E-state index contributed by atoms with van der Waals surface area (Å²) in [6.07, 6.45) is -0.253. The van der Waals surface area contributed by atoms with Crippen LogP contribution in [-0.2, 0) is 16.0 Å². The van der Waals surface area contributed by atoms with Crippen molar-refractivity contribution >= 4 is 32.6 Å². The SMILES string of the molecule is CC(C)(O)CC1CN(c2nc(N[C@H]3C[C@H](S(C)(=O)=O)C3)nc3c2cnn3-c2cccc(C(F)(F)F)c2)C1. The molecule has 0 unspecified atom stereocenters. The van der Waals surface area contributed by atoms with E-state index in [0.717, 1.165) is 12.1 Å². The molecule has 2 aromatic heterocycles. The number of sulfone groups is 1. The Morgan fingerprint density at radius 2 is 1.86 bits per heavy atom. The Bertz CT molecular complexity index is 1420. The van der Waals surface area contributed by atoms with E-state index >= 15 is 0 Å². The molecular formula is C24H29F3N6O3S. The summed E-state index contributed by atoms with van der Waals surface area (Å²) in [7, 11) is -3.13. The lowest BCUT2D eigenvalue weighted by Crippen LogP contribution is -2.49. The van der Waals surface area contributed by atoms with Crippen molar-refractivity contribution in [3.05, 3.63) is 36.0 Å². The number of alkyl halides is 3. The number of benzene rings is 1. The number of fused-ring (bicyclic) bond motifs is 1. The first-order valence-corrected chi connectivity index (χ1v) is 14.0. The minimum Gasteiger partial charge on any atom is -0.390 e. The van der Waals surface area contributed by atoms with Gasteiger partial charge in [0.15, 0.2) is 5.65 Å². The molecule has 5 rings (SSSR count). The maximum Gasteiger partial charge on any atom is 0.416 e. The summed E-state index contributed by atoms with van der Waals surface area (Å²) in [6.45, 7) is 4.85. The summed E-state index contributed by atoms with van der Waals surface area (Å²) in [5, 5.41) is 17.9. The van der Waals surface area contributed by atoms with Gasteiger partial charge in [0.25, 0.3) is 0 Å². The van der Waals surface area contributed by atoms with Gasteiger partial charge >= 0.3 is 6.18 Å². The van der Waals surface area contributed by atoms with Crippen LogP contribution in [-0.4, -0.2) is 69.5 Å². The summed E-state index contributed by atoms with van der Waals surface area (Å²) < 4.78 is 65.0. The molecule has 1 aliphatic heterocycles. The quantitative estimate of drug-likeness (QED) is 0.471. The van der Waals surface area contributed by atoms with E-state index in [9.17, 15) is 26.7 Å². The zero-order valence-corrected chi connectivity index (χ0v) is 21.5. The van der Waals surface area contributed by atoms with Crippen molar-refractivity contribution in [1.29, 1.82) is 0 Å². The molecule has 2 fully saturated rings. The monoisotopic (exact) mass is 538 g/mol. The largest absolute Gasteiger partial charge is 0.416 e. The topological polar surface area (TPSA) is 113 Å². The first-order chi connectivity index (χ1) is 17.2. The van der Waals surface area contributed by atoms with E-state index in [1.54, 1.807) is 20.0 Å². The van der Waals surface area contributed by atoms with Crippen LogP contribution in [0.2, 0.25) is 0 Å². The highest BCUT2D eigenvalue weighted by atomic mass is 32.2. The van der Waals surface area contributed by atoms with Gasteiger partial charge in [-0.2, -0.15) is 28.2 Å². The van der Waals surface area contributed by atoms with Gasteiger partial charge < -0.3 is 15.3 Å². The number of aromatic nitrogens is 4. The fourth-order valence-corrected chi connectivity index (χ4v) is 6.16. The molecule has 2 aliphatic rings. The second-order valence-electron chi connectivity index (χ2n) is 10.8. The maximum absolute atomic E-state index is 13.3. The van der Waals surface area contributed by atoms with Crippen LogP contribution < -0.4 is 10.2 Å². The lowest BCUT2D eigenvalue weighted by atomic mass is 9.88. The van der Waals surface area contributed by atoms with Gasteiger partial charge in [0.05, 0.1) is 33.7 Å². The first-order valence-electron chi connectivity index (χ1n) is 12.0. The number of hydrogen-bond donors (Lipinski definition) is 2. The van der Waals surface area contributed by atoms with E-state index < -0.39 is 32.4 Å². The summed E-state index contributed by atoms with van der Waals surface area (Å²) in [5.74, 6) is 1.12. The molecule has 0 bridgehead atoms. The van der Waals surface area contributed by atoms with Crippen molar-refractivity contribution in [1.82, 2.24) is 19.7 Å². The molecule has 1 aromatic carbocycles. The van der Waals surface area contributed by atoms with Crippen LogP contribution in [0.3, 0.4) is 0 Å². The number of nitrogens with zero attached hydrogens (tertiary/aromatic N) is 5. The van der Waals surface area contributed by atoms with Gasteiger partial charge in [0.2, 0.25) is 5.95 Å². The normalized spacial score (nSPS) is 21.1. The Morgan fingerprint density at radius 1 is 1.16 bits per heavy atom. The maximum atomic E-state index is 13.3. The van der Waals surface area contributed by atoms with Gasteiger partial charge in [-0.05, 0) is 57.2 Å². The molecular weight excluding hydrogens is 509 g/mol. The molecule has 200 valence electrons. The highest BCUT2D eigenvalue weighted by Crippen LogP contribution is 2.36. The van der Waals surface area contributed by atoms with Gasteiger partial charge in [0.1, 0.15) is 15.7 Å². The highest BCUT2D eigenvalue weighted by Gasteiger charge is 2.38. The molecule has 2 N–H and O–H groups in total. The highest BCUT2D eigenvalue weighted by molar-refractivity contribution is 7.91. The summed E-state index contributed by atoms with van der Waals surface area (Å²) in [5.41, 5.74) is -1.03. The molecule has 9 nitrogen and oxygen atoms in total. The van der Waals surface area contributed by atoms with E-state index in [1.807, 2.05) is 4.90 Å². The lowest BCUT2D eigenvalue weighted by Gasteiger charge is -2.42. The predicted octanol–water partition coefficient (Wildman–Crippen LogP) is 3.42. The number of anilines is 2. The zero-order valence-electron chi connectivity index (χ0n) is 20.7. The summed E-state index contributed by atoms with van der Waals surface area (Å²) in [4.78, 5) is 11.3. The molecule has 0 spiro atoms. The van der Waals surface area contributed by atoms with Gasteiger partial charge in [-0.3, -0.25) is 0 Å². The molecule has 13 heteroatoms. The fraction of sp³-hybridized carbons (Fsp3) is 0.542. The van der Waals surface area contributed by atoms with Gasteiger partial charge in [-0.1, -0.05) is 6.07 Å².